The summed E-state index contributed by atoms with van der Waals surface area (Å²) in [6.45, 7) is 1.84. The van der Waals surface area contributed by atoms with Gasteiger partial charge in [0, 0.05) is 11.6 Å². The predicted molar refractivity (Wildman–Crippen MR) is 70.5 cm³/mol. The van der Waals surface area contributed by atoms with Gasteiger partial charge in [0.2, 0.25) is 5.90 Å². The first kappa shape index (κ1) is 11.5. The Hall–Kier alpha value is -2.62. The number of nitrogens with zero attached hydrogens (tertiary/aromatic N) is 1. The molecular weight excluding hydrogens is 242 g/mol. The second-order valence-electron chi connectivity index (χ2n) is 4.15. The van der Waals surface area contributed by atoms with Crippen LogP contribution < -0.4 is 0 Å². The molecule has 1 aliphatic heterocycles. The molecule has 0 aliphatic carbocycles. The van der Waals surface area contributed by atoms with Crippen LogP contribution >= 0.6 is 0 Å². The van der Waals surface area contributed by atoms with Crippen molar-refractivity contribution in [2.45, 2.75) is 6.92 Å². The van der Waals surface area contributed by atoms with Crippen LogP contribution in [-0.4, -0.2) is 11.9 Å². The molecule has 0 bridgehead atoms. The highest BCUT2D eigenvalue weighted by Crippen LogP contribution is 2.19. The van der Waals surface area contributed by atoms with E-state index in [-0.39, 0.29) is 5.70 Å². The van der Waals surface area contributed by atoms with Crippen molar-refractivity contribution in [2.75, 3.05) is 0 Å². The number of aliphatic imine (C=N–C) groups is 1. The molecule has 2 heterocycles. The molecule has 0 saturated carbocycles. The van der Waals surface area contributed by atoms with E-state index >= 15 is 0 Å². The maximum Gasteiger partial charge on any atom is 0.363 e. The zero-order valence-electron chi connectivity index (χ0n) is 10.3. The first-order valence-electron chi connectivity index (χ1n) is 5.87. The first-order valence-corrected chi connectivity index (χ1v) is 5.87. The van der Waals surface area contributed by atoms with Crippen molar-refractivity contribution in [2.24, 2.45) is 4.99 Å². The van der Waals surface area contributed by atoms with Crippen molar-refractivity contribution in [3.8, 4) is 0 Å². The Labute approximate surface area is 110 Å². The van der Waals surface area contributed by atoms with E-state index in [0.717, 1.165) is 11.3 Å². The number of carbonyl (C=O) groups excluding carboxylic acids is 1. The van der Waals surface area contributed by atoms with Gasteiger partial charge in [-0.2, -0.15) is 0 Å². The first-order chi connectivity index (χ1) is 9.22. The summed E-state index contributed by atoms with van der Waals surface area (Å²) in [7, 11) is 0. The lowest BCUT2D eigenvalue weighted by Gasteiger charge is -1.97. The molecule has 4 nitrogen and oxygen atoms in total. The normalized spacial score (nSPS) is 16.6. The van der Waals surface area contributed by atoms with Crippen LogP contribution in [0.1, 0.15) is 17.1 Å². The Morgan fingerprint density at radius 3 is 2.58 bits per heavy atom. The zero-order chi connectivity index (χ0) is 13.2. The van der Waals surface area contributed by atoms with Crippen molar-refractivity contribution >= 4 is 17.9 Å². The van der Waals surface area contributed by atoms with E-state index in [9.17, 15) is 4.79 Å². The van der Waals surface area contributed by atoms with E-state index in [2.05, 4.69) is 4.99 Å². The van der Waals surface area contributed by atoms with Gasteiger partial charge in [0.25, 0.3) is 0 Å². The number of aryl methyl sites for hydroxylation is 1. The molecule has 0 unspecified atom stereocenters. The Morgan fingerprint density at radius 1 is 1.11 bits per heavy atom. The molecule has 2 aromatic rings. The van der Waals surface area contributed by atoms with Crippen LogP contribution in [0.2, 0.25) is 0 Å². The second kappa shape index (κ2) is 4.57. The molecule has 1 aromatic heterocycles. The van der Waals surface area contributed by atoms with Gasteiger partial charge in [0.1, 0.15) is 11.5 Å². The van der Waals surface area contributed by atoms with E-state index < -0.39 is 5.97 Å². The predicted octanol–water partition coefficient (Wildman–Crippen LogP) is 2.93. The average Bonchev–Trinajstić information content (AvgIpc) is 2.98. The van der Waals surface area contributed by atoms with Gasteiger partial charge in [-0.25, -0.2) is 9.79 Å². The van der Waals surface area contributed by atoms with E-state index in [0.29, 0.717) is 11.7 Å². The fraction of sp³-hybridized carbons (Fsp3) is 0.0667. The number of cyclic esters (lactones) is 1. The van der Waals surface area contributed by atoms with Gasteiger partial charge in [-0.15, -0.1) is 0 Å². The summed E-state index contributed by atoms with van der Waals surface area (Å²) in [6, 6.07) is 12.9. The van der Waals surface area contributed by atoms with Crippen LogP contribution in [0.5, 0.6) is 0 Å². The molecule has 0 spiro atoms. The van der Waals surface area contributed by atoms with Crippen LogP contribution in [0.15, 0.2) is 57.6 Å². The molecule has 94 valence electrons. The van der Waals surface area contributed by atoms with Crippen LogP contribution in [0.4, 0.5) is 0 Å². The lowest BCUT2D eigenvalue weighted by molar-refractivity contribution is -0.129. The quantitative estimate of drug-likeness (QED) is 0.610. The van der Waals surface area contributed by atoms with Crippen LogP contribution in [-0.2, 0) is 9.53 Å². The lowest BCUT2D eigenvalue weighted by Crippen LogP contribution is -2.04. The van der Waals surface area contributed by atoms with Gasteiger partial charge >= 0.3 is 5.97 Å². The highest BCUT2D eigenvalue weighted by Gasteiger charge is 2.24. The van der Waals surface area contributed by atoms with Gasteiger partial charge in [-0.05, 0) is 31.2 Å². The number of hydrogen-bond donors (Lipinski definition) is 0. The zero-order valence-corrected chi connectivity index (χ0v) is 10.3. The van der Waals surface area contributed by atoms with E-state index in [1.807, 2.05) is 43.3 Å². The van der Waals surface area contributed by atoms with Gasteiger partial charge < -0.3 is 9.15 Å². The molecule has 0 radical (unpaired) electrons. The molecule has 0 fully saturated rings. The van der Waals surface area contributed by atoms with Crippen LogP contribution in [0.3, 0.4) is 0 Å². The fourth-order valence-corrected chi connectivity index (χ4v) is 1.78. The average molecular weight is 253 g/mol. The molecule has 0 atom stereocenters. The summed E-state index contributed by atoms with van der Waals surface area (Å²) < 4.78 is 10.5. The SMILES string of the molecule is Cc1ccc(/C=C2/N=C(c3ccccc3)OC2=O)o1. The Morgan fingerprint density at radius 2 is 1.89 bits per heavy atom. The molecule has 19 heavy (non-hydrogen) atoms. The van der Waals surface area contributed by atoms with E-state index in [1.165, 1.54) is 0 Å². The Balaban J connectivity index is 1.94. The highest BCUT2D eigenvalue weighted by atomic mass is 16.6. The highest BCUT2D eigenvalue weighted by molar-refractivity contribution is 6.12. The minimum Gasteiger partial charge on any atom is -0.462 e. The number of esters is 1. The van der Waals surface area contributed by atoms with E-state index in [4.69, 9.17) is 9.15 Å². The second-order valence-corrected chi connectivity index (χ2v) is 4.15. The molecule has 4 heteroatoms. The van der Waals surface area contributed by atoms with Crippen molar-refractivity contribution in [1.29, 1.82) is 0 Å². The summed E-state index contributed by atoms with van der Waals surface area (Å²) in [5.74, 6) is 1.22. The molecule has 0 N–H and O–H groups in total. The summed E-state index contributed by atoms with van der Waals surface area (Å²) in [6.07, 6.45) is 1.57. The fourth-order valence-electron chi connectivity index (χ4n) is 1.78. The Bertz CT molecular complexity index is 680. The number of ether oxygens (including phenoxy) is 1. The van der Waals surface area contributed by atoms with Crippen molar-refractivity contribution in [3.63, 3.8) is 0 Å². The van der Waals surface area contributed by atoms with Crippen molar-refractivity contribution in [3.05, 3.63) is 65.2 Å². The summed E-state index contributed by atoms with van der Waals surface area (Å²) in [5.41, 5.74) is 1.02. The smallest absolute Gasteiger partial charge is 0.363 e. The third kappa shape index (κ3) is 2.33. The van der Waals surface area contributed by atoms with E-state index in [1.54, 1.807) is 12.1 Å². The van der Waals surface area contributed by atoms with Crippen LogP contribution in [0.25, 0.3) is 6.08 Å². The maximum atomic E-state index is 11.7. The van der Waals surface area contributed by atoms with Gasteiger partial charge in [-0.3, -0.25) is 0 Å². The van der Waals surface area contributed by atoms with Crippen molar-refractivity contribution in [1.82, 2.24) is 0 Å². The molecular formula is C15H11NO3. The molecule has 0 saturated heterocycles. The number of benzene rings is 1. The molecule has 1 aromatic carbocycles. The summed E-state index contributed by atoms with van der Waals surface area (Å²) in [5, 5.41) is 0. The van der Waals surface area contributed by atoms with Gasteiger partial charge in [-0.1, -0.05) is 18.2 Å². The topological polar surface area (TPSA) is 51.8 Å². The largest absolute Gasteiger partial charge is 0.462 e. The third-order valence-corrected chi connectivity index (χ3v) is 2.68. The lowest BCUT2D eigenvalue weighted by atomic mass is 10.2. The van der Waals surface area contributed by atoms with Crippen molar-refractivity contribution < 1.29 is 13.9 Å². The summed E-state index contributed by atoms with van der Waals surface area (Å²) in [4.78, 5) is 15.9. The maximum absolute atomic E-state index is 11.7. The number of furan rings is 1. The number of hydrogen-bond acceptors (Lipinski definition) is 4. The molecule has 3 rings (SSSR count). The molecule has 0 amide bonds. The minimum atomic E-state index is -0.465. The van der Waals surface area contributed by atoms with Gasteiger partial charge in [0.15, 0.2) is 5.70 Å². The minimum absolute atomic E-state index is 0.244. The summed E-state index contributed by atoms with van der Waals surface area (Å²) >= 11 is 0. The van der Waals surface area contributed by atoms with Crippen LogP contribution in [0, 0.1) is 6.92 Å². The number of carbonyl (C=O) groups is 1. The number of rotatable bonds is 2. The Kier molecular flexibility index (Phi) is 2.76. The monoisotopic (exact) mass is 253 g/mol. The molecule has 1 aliphatic rings. The standard InChI is InChI=1S/C15H11NO3/c1-10-7-8-12(18-10)9-13-15(17)19-14(16-13)11-5-3-2-4-6-11/h2-9H,1H3/b13-9+. The third-order valence-electron chi connectivity index (χ3n) is 2.68. The van der Waals surface area contributed by atoms with Gasteiger partial charge in [0.05, 0.1) is 0 Å².